The third kappa shape index (κ3) is 2.82. The van der Waals surface area contributed by atoms with E-state index in [2.05, 4.69) is 10.6 Å². The molecule has 1 heterocycles. The van der Waals surface area contributed by atoms with Crippen LogP contribution in [-0.2, 0) is 16.1 Å². The summed E-state index contributed by atoms with van der Waals surface area (Å²) in [6, 6.07) is 7.14. The highest BCUT2D eigenvalue weighted by atomic mass is 16.5. The Kier molecular flexibility index (Phi) is 3.39. The van der Waals surface area contributed by atoms with E-state index in [1.165, 1.54) is 0 Å². The number of hydrogen-bond acceptors (Lipinski definition) is 4. The molecule has 5 heteroatoms. The number of amides is 2. The SMILES string of the molecule is COc1ccc(CNC2CC(=O)NC2=O)cc1. The number of carbonyl (C=O) groups excluding carboxylic acids is 2. The first-order valence-electron chi connectivity index (χ1n) is 5.39. The summed E-state index contributed by atoms with van der Waals surface area (Å²) in [6.07, 6.45) is 0.217. The number of rotatable bonds is 4. The normalized spacial score (nSPS) is 19.2. The summed E-state index contributed by atoms with van der Waals surface area (Å²) < 4.78 is 5.05. The third-order valence-electron chi connectivity index (χ3n) is 2.68. The number of methoxy groups -OCH3 is 1. The first-order chi connectivity index (χ1) is 8.19. The molecule has 1 aliphatic heterocycles. The van der Waals surface area contributed by atoms with Crippen molar-refractivity contribution in [2.24, 2.45) is 0 Å². The Labute approximate surface area is 99.2 Å². The minimum Gasteiger partial charge on any atom is -0.497 e. The predicted molar refractivity (Wildman–Crippen MR) is 61.4 cm³/mol. The highest BCUT2D eigenvalue weighted by Crippen LogP contribution is 2.11. The zero-order valence-electron chi connectivity index (χ0n) is 9.53. The van der Waals surface area contributed by atoms with Gasteiger partial charge >= 0.3 is 0 Å². The van der Waals surface area contributed by atoms with Crippen LogP contribution in [0.2, 0.25) is 0 Å². The van der Waals surface area contributed by atoms with Crippen molar-refractivity contribution in [2.45, 2.75) is 19.0 Å². The van der Waals surface area contributed by atoms with Crippen LogP contribution in [0.4, 0.5) is 0 Å². The summed E-state index contributed by atoms with van der Waals surface area (Å²) in [6.45, 7) is 0.551. The number of benzene rings is 1. The molecule has 90 valence electrons. The third-order valence-corrected chi connectivity index (χ3v) is 2.68. The van der Waals surface area contributed by atoms with Crippen molar-refractivity contribution in [3.63, 3.8) is 0 Å². The Morgan fingerprint density at radius 2 is 2.06 bits per heavy atom. The fourth-order valence-electron chi connectivity index (χ4n) is 1.70. The van der Waals surface area contributed by atoms with E-state index < -0.39 is 6.04 Å². The van der Waals surface area contributed by atoms with E-state index in [4.69, 9.17) is 4.74 Å². The van der Waals surface area contributed by atoms with Crippen molar-refractivity contribution in [1.82, 2.24) is 10.6 Å². The van der Waals surface area contributed by atoms with Gasteiger partial charge in [0.25, 0.3) is 0 Å². The van der Waals surface area contributed by atoms with E-state index >= 15 is 0 Å². The van der Waals surface area contributed by atoms with Gasteiger partial charge in [0.15, 0.2) is 0 Å². The van der Waals surface area contributed by atoms with Crippen molar-refractivity contribution in [3.8, 4) is 5.75 Å². The molecule has 1 fully saturated rings. The highest BCUT2D eigenvalue weighted by molar-refractivity contribution is 6.05. The van der Waals surface area contributed by atoms with Crippen molar-refractivity contribution < 1.29 is 14.3 Å². The van der Waals surface area contributed by atoms with Crippen LogP contribution >= 0.6 is 0 Å². The summed E-state index contributed by atoms with van der Waals surface area (Å²) in [7, 11) is 1.61. The molecule has 1 atom stereocenters. The van der Waals surface area contributed by atoms with E-state index in [9.17, 15) is 9.59 Å². The number of ether oxygens (including phenoxy) is 1. The van der Waals surface area contributed by atoms with E-state index in [-0.39, 0.29) is 18.2 Å². The largest absolute Gasteiger partial charge is 0.497 e. The van der Waals surface area contributed by atoms with E-state index in [1.54, 1.807) is 7.11 Å². The van der Waals surface area contributed by atoms with Gasteiger partial charge in [0.05, 0.1) is 19.6 Å². The minimum absolute atomic E-state index is 0.217. The van der Waals surface area contributed by atoms with Gasteiger partial charge < -0.3 is 10.1 Å². The maximum Gasteiger partial charge on any atom is 0.244 e. The summed E-state index contributed by atoms with van der Waals surface area (Å²) in [5.74, 6) is 0.327. The Morgan fingerprint density at radius 3 is 2.59 bits per heavy atom. The number of hydrogen-bond donors (Lipinski definition) is 2. The number of nitrogens with one attached hydrogen (secondary N) is 2. The van der Waals surface area contributed by atoms with Gasteiger partial charge in [-0.05, 0) is 17.7 Å². The average molecular weight is 234 g/mol. The van der Waals surface area contributed by atoms with Gasteiger partial charge in [-0.15, -0.1) is 0 Å². The second-order valence-corrected chi connectivity index (χ2v) is 3.90. The van der Waals surface area contributed by atoms with Crippen LogP contribution in [0.25, 0.3) is 0 Å². The molecule has 1 saturated heterocycles. The van der Waals surface area contributed by atoms with E-state index in [0.717, 1.165) is 11.3 Å². The lowest BCUT2D eigenvalue weighted by atomic mass is 10.2. The summed E-state index contributed by atoms with van der Waals surface area (Å²) in [5.41, 5.74) is 1.04. The van der Waals surface area contributed by atoms with Crippen LogP contribution in [0.3, 0.4) is 0 Å². The maximum absolute atomic E-state index is 11.3. The van der Waals surface area contributed by atoms with Crippen LogP contribution in [0.5, 0.6) is 5.75 Å². The number of imide groups is 1. The summed E-state index contributed by atoms with van der Waals surface area (Å²) in [4.78, 5) is 22.3. The molecule has 0 aliphatic carbocycles. The molecule has 0 saturated carbocycles. The molecule has 17 heavy (non-hydrogen) atoms. The molecular weight excluding hydrogens is 220 g/mol. The zero-order chi connectivity index (χ0) is 12.3. The van der Waals surface area contributed by atoms with Gasteiger partial charge in [0, 0.05) is 6.54 Å². The molecule has 2 N–H and O–H groups in total. The lowest BCUT2D eigenvalue weighted by Gasteiger charge is -2.09. The zero-order valence-corrected chi connectivity index (χ0v) is 9.53. The fraction of sp³-hybridized carbons (Fsp3) is 0.333. The van der Waals surface area contributed by atoms with Gasteiger partial charge in [-0.2, -0.15) is 0 Å². The van der Waals surface area contributed by atoms with Crippen molar-refractivity contribution in [3.05, 3.63) is 29.8 Å². The lowest BCUT2D eigenvalue weighted by Crippen LogP contribution is -2.35. The monoisotopic (exact) mass is 234 g/mol. The average Bonchev–Trinajstić information content (AvgIpc) is 2.66. The summed E-state index contributed by atoms with van der Waals surface area (Å²) in [5, 5.41) is 5.30. The van der Waals surface area contributed by atoms with Crippen molar-refractivity contribution in [1.29, 1.82) is 0 Å². The molecule has 1 aromatic carbocycles. The van der Waals surface area contributed by atoms with Crippen LogP contribution in [0.15, 0.2) is 24.3 Å². The molecule has 1 aliphatic rings. The van der Waals surface area contributed by atoms with Gasteiger partial charge in [0.1, 0.15) is 5.75 Å². The Morgan fingerprint density at radius 1 is 1.35 bits per heavy atom. The van der Waals surface area contributed by atoms with Crippen LogP contribution < -0.4 is 15.4 Å². The van der Waals surface area contributed by atoms with E-state index in [1.807, 2.05) is 24.3 Å². The molecule has 1 aromatic rings. The topological polar surface area (TPSA) is 67.4 Å². The quantitative estimate of drug-likeness (QED) is 0.730. The standard InChI is InChI=1S/C12H14N2O3/c1-17-9-4-2-8(3-5-9)7-13-10-6-11(15)14-12(10)16/h2-5,10,13H,6-7H2,1H3,(H,14,15,16). The molecule has 0 bridgehead atoms. The highest BCUT2D eigenvalue weighted by Gasteiger charge is 2.29. The van der Waals surface area contributed by atoms with Gasteiger partial charge in [0.2, 0.25) is 11.8 Å². The van der Waals surface area contributed by atoms with Gasteiger partial charge in [-0.3, -0.25) is 14.9 Å². The van der Waals surface area contributed by atoms with Crippen LogP contribution in [-0.4, -0.2) is 25.0 Å². The van der Waals surface area contributed by atoms with Crippen molar-refractivity contribution in [2.75, 3.05) is 7.11 Å². The second kappa shape index (κ2) is 4.97. The molecule has 0 spiro atoms. The predicted octanol–water partition coefficient (Wildman–Crippen LogP) is 0.200. The van der Waals surface area contributed by atoms with E-state index in [0.29, 0.717) is 6.54 Å². The molecule has 2 rings (SSSR count). The maximum atomic E-state index is 11.3. The molecule has 0 radical (unpaired) electrons. The van der Waals surface area contributed by atoms with Crippen molar-refractivity contribution >= 4 is 11.8 Å². The second-order valence-electron chi connectivity index (χ2n) is 3.90. The number of carbonyl (C=O) groups is 2. The minimum atomic E-state index is -0.412. The molecule has 0 aromatic heterocycles. The first kappa shape index (κ1) is 11.6. The van der Waals surface area contributed by atoms with Crippen LogP contribution in [0.1, 0.15) is 12.0 Å². The Bertz CT molecular complexity index is 428. The van der Waals surface area contributed by atoms with Gasteiger partial charge in [-0.25, -0.2) is 0 Å². The lowest BCUT2D eigenvalue weighted by molar-refractivity contribution is -0.125. The molecule has 5 nitrogen and oxygen atoms in total. The van der Waals surface area contributed by atoms with Crippen LogP contribution in [0, 0.1) is 0 Å². The Balaban J connectivity index is 1.89. The molecular formula is C12H14N2O3. The smallest absolute Gasteiger partial charge is 0.244 e. The molecule has 1 unspecified atom stereocenters. The summed E-state index contributed by atoms with van der Waals surface area (Å²) >= 11 is 0. The first-order valence-corrected chi connectivity index (χ1v) is 5.39. The Hall–Kier alpha value is -1.88. The van der Waals surface area contributed by atoms with Gasteiger partial charge in [-0.1, -0.05) is 12.1 Å². The molecule has 2 amide bonds. The fourth-order valence-corrected chi connectivity index (χ4v) is 1.70.